The predicted molar refractivity (Wildman–Crippen MR) is 101 cm³/mol. The Morgan fingerprint density at radius 1 is 1.26 bits per heavy atom. The van der Waals surface area contributed by atoms with Crippen LogP contribution in [0.25, 0.3) is 11.3 Å². The molecule has 3 aromatic rings. The van der Waals surface area contributed by atoms with Gasteiger partial charge in [0.05, 0.1) is 11.4 Å². The standard InChI is InChI=1S/C19H14FN3O3S/c1-10-17(24)21-14-8-12(4-7-16(14)26-10)15-9-27-19(22-15)23-18(25)11-2-5-13(20)6-3-11/h2-10H,1H3,(H,21,24)(H,22,23,25)/t10-/m0/s1. The molecule has 2 heterocycles. The van der Waals surface area contributed by atoms with Crippen LogP contribution in [0.1, 0.15) is 17.3 Å². The van der Waals surface area contributed by atoms with Crippen molar-refractivity contribution in [3.05, 3.63) is 59.2 Å². The van der Waals surface area contributed by atoms with Gasteiger partial charge < -0.3 is 10.1 Å². The van der Waals surface area contributed by atoms with Gasteiger partial charge in [-0.2, -0.15) is 0 Å². The van der Waals surface area contributed by atoms with E-state index in [0.717, 1.165) is 5.56 Å². The number of amides is 2. The van der Waals surface area contributed by atoms with Gasteiger partial charge in [-0.25, -0.2) is 9.37 Å². The summed E-state index contributed by atoms with van der Waals surface area (Å²) < 4.78 is 18.5. The summed E-state index contributed by atoms with van der Waals surface area (Å²) in [6.07, 6.45) is -0.532. The molecule has 136 valence electrons. The van der Waals surface area contributed by atoms with Gasteiger partial charge in [-0.1, -0.05) is 0 Å². The van der Waals surface area contributed by atoms with Crippen LogP contribution in [-0.2, 0) is 4.79 Å². The molecule has 1 aromatic heterocycles. The molecule has 0 aliphatic carbocycles. The molecule has 0 fully saturated rings. The zero-order valence-corrected chi connectivity index (χ0v) is 15.0. The Morgan fingerprint density at radius 3 is 2.81 bits per heavy atom. The lowest BCUT2D eigenvalue weighted by molar-refractivity contribution is -0.122. The molecule has 2 aromatic carbocycles. The van der Waals surface area contributed by atoms with Crippen molar-refractivity contribution < 1.29 is 18.7 Å². The monoisotopic (exact) mass is 383 g/mol. The van der Waals surface area contributed by atoms with Crippen molar-refractivity contribution >= 4 is 34.0 Å². The molecule has 4 rings (SSSR count). The summed E-state index contributed by atoms with van der Waals surface area (Å²) in [6, 6.07) is 10.7. The fraction of sp³-hybridized carbons (Fsp3) is 0.105. The average molecular weight is 383 g/mol. The van der Waals surface area contributed by atoms with Gasteiger partial charge in [0.25, 0.3) is 11.8 Å². The molecule has 0 radical (unpaired) electrons. The van der Waals surface area contributed by atoms with Crippen LogP contribution >= 0.6 is 11.3 Å². The first kappa shape index (κ1) is 17.2. The van der Waals surface area contributed by atoms with Gasteiger partial charge in [0.1, 0.15) is 11.6 Å². The topological polar surface area (TPSA) is 80.3 Å². The number of thiazole rings is 1. The Morgan fingerprint density at radius 2 is 2.04 bits per heavy atom. The molecular weight excluding hydrogens is 369 g/mol. The van der Waals surface area contributed by atoms with Gasteiger partial charge in [0.2, 0.25) is 0 Å². The molecule has 27 heavy (non-hydrogen) atoms. The summed E-state index contributed by atoms with van der Waals surface area (Å²) in [7, 11) is 0. The minimum Gasteiger partial charge on any atom is -0.479 e. The van der Waals surface area contributed by atoms with Crippen molar-refractivity contribution in [2.45, 2.75) is 13.0 Å². The molecule has 8 heteroatoms. The fourth-order valence-corrected chi connectivity index (χ4v) is 3.32. The van der Waals surface area contributed by atoms with E-state index in [2.05, 4.69) is 15.6 Å². The molecule has 0 spiro atoms. The SMILES string of the molecule is C[C@@H]1Oc2ccc(-c3csc(NC(=O)c4ccc(F)cc4)n3)cc2NC1=O. The summed E-state index contributed by atoms with van der Waals surface area (Å²) in [5.74, 6) is -0.368. The van der Waals surface area contributed by atoms with E-state index in [4.69, 9.17) is 4.74 Å². The Bertz CT molecular complexity index is 1030. The van der Waals surface area contributed by atoms with E-state index in [1.54, 1.807) is 24.4 Å². The number of rotatable bonds is 3. The number of nitrogens with zero attached hydrogens (tertiary/aromatic N) is 1. The van der Waals surface area contributed by atoms with Crippen LogP contribution in [0.15, 0.2) is 47.8 Å². The number of halogens is 1. The largest absolute Gasteiger partial charge is 0.479 e. The second-order valence-corrected chi connectivity index (χ2v) is 6.82. The molecule has 0 bridgehead atoms. The predicted octanol–water partition coefficient (Wildman–Crippen LogP) is 3.92. The van der Waals surface area contributed by atoms with Gasteiger partial charge in [-0.15, -0.1) is 11.3 Å². The number of hydrogen-bond donors (Lipinski definition) is 2. The minimum atomic E-state index is -0.532. The van der Waals surface area contributed by atoms with Crippen LogP contribution in [0.3, 0.4) is 0 Å². The maximum Gasteiger partial charge on any atom is 0.265 e. The van der Waals surface area contributed by atoms with Crippen LogP contribution < -0.4 is 15.4 Å². The van der Waals surface area contributed by atoms with E-state index in [-0.39, 0.29) is 11.8 Å². The van der Waals surface area contributed by atoms with Crippen LogP contribution in [0.5, 0.6) is 5.75 Å². The highest BCUT2D eigenvalue weighted by Gasteiger charge is 2.24. The third-order valence-corrected chi connectivity index (χ3v) is 4.79. The number of carbonyl (C=O) groups is 2. The van der Waals surface area contributed by atoms with Gasteiger partial charge in [0, 0.05) is 16.5 Å². The maximum atomic E-state index is 13.0. The van der Waals surface area contributed by atoms with E-state index >= 15 is 0 Å². The Kier molecular flexibility index (Phi) is 4.33. The van der Waals surface area contributed by atoms with Crippen molar-refractivity contribution in [3.8, 4) is 17.0 Å². The second kappa shape index (κ2) is 6.81. The highest BCUT2D eigenvalue weighted by molar-refractivity contribution is 7.14. The van der Waals surface area contributed by atoms with E-state index in [0.29, 0.717) is 27.8 Å². The Hall–Kier alpha value is -3.26. The lowest BCUT2D eigenvalue weighted by Gasteiger charge is -2.23. The van der Waals surface area contributed by atoms with Crippen LogP contribution in [0.2, 0.25) is 0 Å². The second-order valence-electron chi connectivity index (χ2n) is 5.96. The quantitative estimate of drug-likeness (QED) is 0.718. The summed E-state index contributed by atoms with van der Waals surface area (Å²) in [4.78, 5) is 28.4. The molecule has 2 N–H and O–H groups in total. The average Bonchev–Trinajstić information content (AvgIpc) is 3.11. The third-order valence-electron chi connectivity index (χ3n) is 4.04. The molecule has 0 saturated carbocycles. The molecule has 6 nitrogen and oxygen atoms in total. The first-order chi connectivity index (χ1) is 13.0. The lowest BCUT2D eigenvalue weighted by atomic mass is 10.1. The molecule has 1 aliphatic rings. The molecule has 1 aliphatic heterocycles. The summed E-state index contributed by atoms with van der Waals surface area (Å²) in [6.45, 7) is 1.68. The number of anilines is 2. The van der Waals surface area contributed by atoms with E-state index in [1.807, 2.05) is 6.07 Å². The first-order valence-electron chi connectivity index (χ1n) is 8.14. The van der Waals surface area contributed by atoms with E-state index in [1.165, 1.54) is 35.6 Å². The van der Waals surface area contributed by atoms with Crippen LogP contribution in [0.4, 0.5) is 15.2 Å². The van der Waals surface area contributed by atoms with Crippen molar-refractivity contribution in [1.29, 1.82) is 0 Å². The van der Waals surface area contributed by atoms with Gasteiger partial charge in [-0.3, -0.25) is 14.9 Å². The number of benzene rings is 2. The van der Waals surface area contributed by atoms with Crippen molar-refractivity contribution in [1.82, 2.24) is 4.98 Å². The highest BCUT2D eigenvalue weighted by atomic mass is 32.1. The molecule has 0 saturated heterocycles. The lowest BCUT2D eigenvalue weighted by Crippen LogP contribution is -2.34. The van der Waals surface area contributed by atoms with E-state index in [9.17, 15) is 14.0 Å². The number of carbonyl (C=O) groups excluding carboxylic acids is 2. The van der Waals surface area contributed by atoms with Crippen molar-refractivity contribution in [2.75, 3.05) is 10.6 Å². The normalized spacial score (nSPS) is 15.5. The Balaban J connectivity index is 1.53. The highest BCUT2D eigenvalue weighted by Crippen LogP contribution is 2.35. The molecule has 2 amide bonds. The molecule has 1 atom stereocenters. The first-order valence-corrected chi connectivity index (χ1v) is 9.02. The maximum absolute atomic E-state index is 13.0. The number of ether oxygens (including phenoxy) is 1. The van der Waals surface area contributed by atoms with Crippen molar-refractivity contribution in [3.63, 3.8) is 0 Å². The van der Waals surface area contributed by atoms with Crippen molar-refractivity contribution in [2.24, 2.45) is 0 Å². The van der Waals surface area contributed by atoms with Gasteiger partial charge in [0.15, 0.2) is 11.2 Å². The number of aromatic nitrogens is 1. The van der Waals surface area contributed by atoms with E-state index < -0.39 is 11.9 Å². The summed E-state index contributed by atoms with van der Waals surface area (Å²) >= 11 is 1.27. The zero-order chi connectivity index (χ0) is 19.0. The Labute approximate surface area is 158 Å². The zero-order valence-electron chi connectivity index (χ0n) is 14.2. The van der Waals surface area contributed by atoms with Gasteiger partial charge >= 0.3 is 0 Å². The third kappa shape index (κ3) is 3.52. The number of nitrogens with one attached hydrogen (secondary N) is 2. The minimum absolute atomic E-state index is 0.204. The smallest absolute Gasteiger partial charge is 0.265 e. The van der Waals surface area contributed by atoms with Crippen LogP contribution in [-0.4, -0.2) is 22.9 Å². The summed E-state index contributed by atoms with van der Waals surface area (Å²) in [5.41, 5.74) is 2.37. The summed E-state index contributed by atoms with van der Waals surface area (Å²) in [5, 5.41) is 7.71. The van der Waals surface area contributed by atoms with Gasteiger partial charge in [-0.05, 0) is 49.4 Å². The molecule has 0 unspecified atom stereocenters. The van der Waals surface area contributed by atoms with Crippen LogP contribution in [0, 0.1) is 5.82 Å². The molecular formula is C19H14FN3O3S. The fourth-order valence-electron chi connectivity index (χ4n) is 2.60. The number of hydrogen-bond acceptors (Lipinski definition) is 5. The number of fused-ring (bicyclic) bond motifs is 1.